The first-order chi connectivity index (χ1) is 24.1. The van der Waals surface area contributed by atoms with E-state index in [1.165, 1.54) is 117 Å². The van der Waals surface area contributed by atoms with Crippen molar-refractivity contribution in [2.75, 3.05) is 0 Å². The monoisotopic (exact) mass is 650 g/mol. The Balaban J connectivity index is 1.32. The second-order valence-electron chi connectivity index (χ2n) is 18.3. The van der Waals surface area contributed by atoms with Gasteiger partial charge in [0.05, 0.1) is 27.8 Å². The van der Waals surface area contributed by atoms with Gasteiger partial charge in [0, 0.05) is 17.1 Å². The third kappa shape index (κ3) is 2.82. The van der Waals surface area contributed by atoms with Crippen molar-refractivity contribution >= 4 is 62.5 Å². The smallest absolute Gasteiger partial charge is 0.257 e. The Morgan fingerprint density at radius 2 is 1.10 bits per heavy atom. The first-order valence-electron chi connectivity index (χ1n) is 19.4. The number of nitrogens with zero attached hydrogens (tertiary/aromatic N) is 4. The number of fused-ring (bicyclic) bond motifs is 12. The molecule has 0 unspecified atom stereocenters. The summed E-state index contributed by atoms with van der Waals surface area (Å²) in [7, 11) is 0. The first kappa shape index (κ1) is 27.4. The lowest BCUT2D eigenvalue weighted by molar-refractivity contribution is 0.353. The molecule has 8 aliphatic rings. The Bertz CT molecular complexity index is 2850. The van der Waals surface area contributed by atoms with Crippen molar-refractivity contribution in [1.82, 2.24) is 17.9 Å². The van der Waals surface area contributed by atoms with Crippen LogP contribution in [0.4, 0.5) is 0 Å². The van der Waals surface area contributed by atoms with Crippen LogP contribution in [0.3, 0.4) is 0 Å². The van der Waals surface area contributed by atoms with Crippen molar-refractivity contribution in [3.8, 4) is 11.4 Å². The molecule has 2 saturated carbocycles. The quantitative estimate of drug-likeness (QED) is 0.146. The molecule has 15 rings (SSSR count). The average Bonchev–Trinajstić information content (AvgIpc) is 3.80. The minimum absolute atomic E-state index is 0.00625. The van der Waals surface area contributed by atoms with Crippen molar-refractivity contribution in [2.45, 2.75) is 110 Å². The predicted molar refractivity (Wildman–Crippen MR) is 208 cm³/mol. The molecule has 50 heavy (non-hydrogen) atoms. The van der Waals surface area contributed by atoms with Crippen LogP contribution in [0.25, 0.3) is 50.8 Å². The van der Waals surface area contributed by atoms with E-state index in [2.05, 4.69) is 109 Å². The van der Waals surface area contributed by atoms with E-state index in [4.69, 9.17) is 0 Å². The molecule has 7 aromatic rings. The largest absolute Gasteiger partial charge is 0.298 e. The van der Waals surface area contributed by atoms with Gasteiger partial charge in [-0.3, -0.25) is 17.9 Å². The molecule has 2 aliphatic heterocycles. The zero-order valence-corrected chi connectivity index (χ0v) is 30.4. The maximum atomic E-state index is 2.81. The van der Waals surface area contributed by atoms with E-state index < -0.39 is 0 Å². The molecule has 0 atom stereocenters. The Kier molecular flexibility index (Phi) is 4.50. The second-order valence-corrected chi connectivity index (χ2v) is 18.3. The van der Waals surface area contributed by atoms with Crippen LogP contribution in [0.15, 0.2) is 42.0 Å². The van der Waals surface area contributed by atoms with E-state index in [0.29, 0.717) is 17.8 Å². The third-order valence-electron chi connectivity index (χ3n) is 14.7. The Labute approximate surface area is 293 Å². The standard InChI is InChI=1S/C45H43BN4/c1-21-12-30-31(13-22(21)2)48-35-19-29(45(5,6)7)20-36-39(35)46(40-37-28-16-25(17-28)18-34(37)47(30)43(40)48)41-38-26-8-10-27(11-9-26)42(38)50-33-15-24(4)23(3)14-32(33)49(36)44(41)50/h12-15,18-20,26-28H,8-11,16-17H2,1-7H3. The van der Waals surface area contributed by atoms with Crippen molar-refractivity contribution in [2.24, 2.45) is 0 Å². The van der Waals surface area contributed by atoms with Crippen molar-refractivity contribution in [3.05, 3.63) is 92.3 Å². The van der Waals surface area contributed by atoms with Gasteiger partial charge in [0.2, 0.25) is 0 Å². The molecule has 4 aromatic heterocycles. The van der Waals surface area contributed by atoms with E-state index in [1.54, 1.807) is 38.8 Å². The van der Waals surface area contributed by atoms with Gasteiger partial charge in [0.25, 0.3) is 6.71 Å². The highest BCUT2D eigenvalue weighted by molar-refractivity contribution is 7.00. The minimum Gasteiger partial charge on any atom is -0.298 e. The van der Waals surface area contributed by atoms with E-state index in [9.17, 15) is 0 Å². The molecular weight excluding hydrogens is 607 g/mol. The van der Waals surface area contributed by atoms with Crippen LogP contribution in [-0.4, -0.2) is 24.6 Å². The number of aromatic nitrogens is 4. The zero-order valence-electron chi connectivity index (χ0n) is 30.4. The average molecular weight is 651 g/mol. The van der Waals surface area contributed by atoms with Gasteiger partial charge >= 0.3 is 0 Å². The second kappa shape index (κ2) is 8.22. The van der Waals surface area contributed by atoms with E-state index in [0.717, 1.165) is 0 Å². The minimum atomic E-state index is 0.00625. The highest BCUT2D eigenvalue weighted by atomic mass is 15.2. The van der Waals surface area contributed by atoms with Gasteiger partial charge in [0.15, 0.2) is 0 Å². The molecule has 4 bridgehead atoms. The fraction of sp³-hybridized carbons (Fsp3) is 0.378. The van der Waals surface area contributed by atoms with Gasteiger partial charge in [-0.25, -0.2) is 0 Å². The van der Waals surface area contributed by atoms with Crippen LogP contribution in [0.5, 0.6) is 0 Å². The lowest BCUT2D eigenvalue weighted by Gasteiger charge is -2.40. The number of benzene rings is 3. The fourth-order valence-electron chi connectivity index (χ4n) is 12.0. The summed E-state index contributed by atoms with van der Waals surface area (Å²) in [6.07, 6.45) is 10.5. The van der Waals surface area contributed by atoms with Gasteiger partial charge < -0.3 is 0 Å². The lowest BCUT2D eigenvalue weighted by atomic mass is 9.32. The summed E-state index contributed by atoms with van der Waals surface area (Å²) in [5.74, 6) is 1.96. The molecule has 0 radical (unpaired) electrons. The summed E-state index contributed by atoms with van der Waals surface area (Å²) in [5.41, 5.74) is 31.3. The number of imidazole rings is 2. The summed E-state index contributed by atoms with van der Waals surface area (Å²) < 4.78 is 11.0. The number of hydrogen-bond acceptors (Lipinski definition) is 0. The molecule has 4 nitrogen and oxygen atoms in total. The zero-order chi connectivity index (χ0) is 33.4. The summed E-state index contributed by atoms with van der Waals surface area (Å²) in [4.78, 5) is 0. The van der Waals surface area contributed by atoms with Crippen molar-refractivity contribution < 1.29 is 0 Å². The molecule has 0 N–H and O–H groups in total. The maximum Gasteiger partial charge on any atom is 0.257 e. The van der Waals surface area contributed by atoms with Gasteiger partial charge in [0.1, 0.15) is 11.3 Å². The predicted octanol–water partition coefficient (Wildman–Crippen LogP) is 8.78. The number of hydrogen-bond donors (Lipinski definition) is 0. The van der Waals surface area contributed by atoms with Crippen LogP contribution in [0.1, 0.15) is 127 Å². The lowest BCUT2D eigenvalue weighted by Crippen LogP contribution is -2.61. The number of aryl methyl sites for hydroxylation is 4. The van der Waals surface area contributed by atoms with Crippen molar-refractivity contribution in [1.29, 1.82) is 0 Å². The topological polar surface area (TPSA) is 18.7 Å². The van der Waals surface area contributed by atoms with Crippen LogP contribution in [0.2, 0.25) is 0 Å². The van der Waals surface area contributed by atoms with E-state index >= 15 is 0 Å². The Hall–Kier alpha value is -4.38. The highest BCUT2D eigenvalue weighted by Crippen LogP contribution is 2.54. The number of rotatable bonds is 0. The number of allylic oxidation sites excluding steroid dienone is 1. The van der Waals surface area contributed by atoms with Crippen LogP contribution >= 0.6 is 0 Å². The van der Waals surface area contributed by atoms with Gasteiger partial charge in [-0.05, 0) is 187 Å². The van der Waals surface area contributed by atoms with Gasteiger partial charge in [-0.15, -0.1) is 0 Å². The van der Waals surface area contributed by atoms with Crippen LogP contribution < -0.4 is 16.4 Å². The molecule has 6 aliphatic carbocycles. The maximum absolute atomic E-state index is 2.81. The Morgan fingerprint density at radius 1 is 0.580 bits per heavy atom. The summed E-state index contributed by atoms with van der Waals surface area (Å²) >= 11 is 0. The normalized spacial score (nSPS) is 21.0. The highest BCUT2D eigenvalue weighted by Gasteiger charge is 2.52. The molecular formula is C45H43BN4. The van der Waals surface area contributed by atoms with Crippen LogP contribution in [-0.2, 0) is 5.41 Å². The van der Waals surface area contributed by atoms with E-state index in [-0.39, 0.29) is 12.1 Å². The first-order valence-corrected chi connectivity index (χ1v) is 19.4. The van der Waals surface area contributed by atoms with Gasteiger partial charge in [-0.2, -0.15) is 0 Å². The van der Waals surface area contributed by atoms with Crippen molar-refractivity contribution in [3.63, 3.8) is 0 Å². The Morgan fingerprint density at radius 3 is 1.70 bits per heavy atom. The van der Waals surface area contributed by atoms with E-state index in [1.807, 2.05) is 0 Å². The molecule has 0 amide bonds. The van der Waals surface area contributed by atoms with Gasteiger partial charge in [-0.1, -0.05) is 26.3 Å². The molecule has 0 spiro atoms. The molecule has 246 valence electrons. The third-order valence-corrected chi connectivity index (χ3v) is 14.7. The molecule has 2 fully saturated rings. The molecule has 0 saturated heterocycles. The molecule has 3 aromatic carbocycles. The molecule has 5 heteroatoms. The van der Waals surface area contributed by atoms with Crippen LogP contribution in [0, 0.1) is 27.7 Å². The summed E-state index contributed by atoms with van der Waals surface area (Å²) in [6.45, 7) is 16.7. The molecule has 6 heterocycles. The SMILES string of the molecule is Cc1cc2c(cc1C)n1c3c(c4c1n2-c1cc(C(C)(C)C)cc2c1B4c1c4c(n5c6cc(C)c(C)cc6n-2c15)C1CCC4CC1)C1CC(=C3)C1. The summed E-state index contributed by atoms with van der Waals surface area (Å²) in [5, 5.41) is 0. The fourth-order valence-corrected chi connectivity index (χ4v) is 12.0. The summed E-state index contributed by atoms with van der Waals surface area (Å²) in [6, 6.07) is 15.2.